The number of nitriles is 1. The van der Waals surface area contributed by atoms with Crippen LogP contribution in [0.4, 0.5) is 22.0 Å². The zero-order chi connectivity index (χ0) is 14.8. The Labute approximate surface area is 102 Å². The zero-order valence-electron chi connectivity index (χ0n) is 8.83. The van der Waals surface area contributed by atoms with E-state index in [1.165, 1.54) is 6.07 Å². The van der Waals surface area contributed by atoms with Crippen LogP contribution >= 0.6 is 0 Å². The summed E-state index contributed by atoms with van der Waals surface area (Å²) in [6.45, 7) is 0. The molecule has 19 heavy (non-hydrogen) atoms. The topological polar surface area (TPSA) is 70.3 Å². The first-order valence-corrected chi connectivity index (χ1v) is 4.49. The van der Waals surface area contributed by atoms with Crippen molar-refractivity contribution in [3.05, 3.63) is 29.3 Å². The number of carboxylic acids is 1. The number of hydrogen-bond acceptors (Lipinski definition) is 3. The van der Waals surface area contributed by atoms with Gasteiger partial charge in [-0.15, -0.1) is 0 Å². The average Bonchev–Trinajstić information content (AvgIpc) is 2.27. The van der Waals surface area contributed by atoms with E-state index in [1.807, 2.05) is 0 Å². The number of rotatable bonds is 3. The molecule has 0 heterocycles. The Kier molecular flexibility index (Phi) is 3.65. The van der Waals surface area contributed by atoms with Crippen LogP contribution in [0.25, 0.3) is 0 Å². The molecule has 1 aromatic rings. The summed E-state index contributed by atoms with van der Waals surface area (Å²) in [5.74, 6) is -4.11. The summed E-state index contributed by atoms with van der Waals surface area (Å²) < 4.78 is 66.7. The highest BCUT2D eigenvalue weighted by Gasteiger charge is 2.45. The van der Waals surface area contributed by atoms with Crippen molar-refractivity contribution in [2.75, 3.05) is 0 Å². The molecule has 0 aliphatic heterocycles. The van der Waals surface area contributed by atoms with Gasteiger partial charge >= 0.3 is 18.3 Å². The number of hydrogen-bond donors (Lipinski definition) is 1. The minimum atomic E-state index is -5.07. The van der Waals surface area contributed by atoms with Crippen molar-refractivity contribution in [3.8, 4) is 11.8 Å². The molecule has 0 unspecified atom stereocenters. The third-order valence-corrected chi connectivity index (χ3v) is 1.90. The fraction of sp³-hybridized carbons (Fsp3) is 0.200. The van der Waals surface area contributed by atoms with Gasteiger partial charge in [0, 0.05) is 0 Å². The third-order valence-electron chi connectivity index (χ3n) is 1.90. The number of alkyl halides is 5. The fourth-order valence-electron chi connectivity index (χ4n) is 1.09. The van der Waals surface area contributed by atoms with Crippen LogP contribution in [0.3, 0.4) is 0 Å². The molecule has 1 rings (SSSR count). The Morgan fingerprint density at radius 1 is 1.26 bits per heavy atom. The predicted molar refractivity (Wildman–Crippen MR) is 49.4 cm³/mol. The second-order valence-electron chi connectivity index (χ2n) is 3.24. The van der Waals surface area contributed by atoms with Crippen LogP contribution in [-0.4, -0.2) is 17.2 Å². The minimum Gasteiger partial charge on any atom is -0.474 e. The summed E-state index contributed by atoms with van der Waals surface area (Å²) in [6.07, 6.45) is -9.88. The summed E-state index contributed by atoms with van der Waals surface area (Å²) in [7, 11) is 0. The highest BCUT2D eigenvalue weighted by molar-refractivity contribution is 5.74. The molecule has 0 saturated heterocycles. The lowest BCUT2D eigenvalue weighted by molar-refractivity contribution is -0.213. The van der Waals surface area contributed by atoms with Crippen molar-refractivity contribution in [3.63, 3.8) is 0 Å². The number of aliphatic carboxylic acids is 1. The number of halogens is 5. The zero-order valence-corrected chi connectivity index (χ0v) is 8.83. The van der Waals surface area contributed by atoms with Gasteiger partial charge in [0.25, 0.3) is 0 Å². The average molecular weight is 281 g/mol. The molecule has 0 bridgehead atoms. The van der Waals surface area contributed by atoms with E-state index in [-0.39, 0.29) is 6.07 Å². The summed E-state index contributed by atoms with van der Waals surface area (Å²) in [6, 6.07) is 2.93. The van der Waals surface area contributed by atoms with Crippen molar-refractivity contribution in [1.82, 2.24) is 0 Å². The number of nitrogens with zero attached hydrogens (tertiary/aromatic N) is 1. The van der Waals surface area contributed by atoms with E-state index in [9.17, 15) is 26.7 Å². The molecule has 0 atom stereocenters. The van der Waals surface area contributed by atoms with Gasteiger partial charge in [0.15, 0.2) is 0 Å². The van der Waals surface area contributed by atoms with E-state index in [0.29, 0.717) is 6.07 Å². The number of carbonyl (C=O) groups is 1. The molecule has 0 fully saturated rings. The van der Waals surface area contributed by atoms with E-state index in [2.05, 4.69) is 4.74 Å². The van der Waals surface area contributed by atoms with Gasteiger partial charge in [-0.25, -0.2) is 4.79 Å². The van der Waals surface area contributed by atoms with Crippen LogP contribution in [-0.2, 0) is 11.0 Å². The first-order chi connectivity index (χ1) is 8.58. The van der Waals surface area contributed by atoms with Gasteiger partial charge in [-0.1, -0.05) is 0 Å². The molecule has 0 amide bonds. The van der Waals surface area contributed by atoms with Crippen molar-refractivity contribution in [2.45, 2.75) is 12.3 Å². The van der Waals surface area contributed by atoms with Gasteiger partial charge in [-0.05, 0) is 18.2 Å². The predicted octanol–water partition coefficient (Wildman–Crippen LogP) is 2.63. The summed E-state index contributed by atoms with van der Waals surface area (Å²) in [4.78, 5) is 10.1. The van der Waals surface area contributed by atoms with Crippen LogP contribution in [0, 0.1) is 11.3 Å². The molecule has 0 radical (unpaired) electrons. The lowest BCUT2D eigenvalue weighted by Crippen LogP contribution is -2.35. The van der Waals surface area contributed by atoms with Gasteiger partial charge in [0.2, 0.25) is 0 Å². The molecule has 0 saturated carbocycles. The van der Waals surface area contributed by atoms with Gasteiger partial charge in [0.1, 0.15) is 5.75 Å². The molecular weight excluding hydrogens is 277 g/mol. The molecule has 1 N–H and O–H groups in total. The van der Waals surface area contributed by atoms with E-state index in [0.717, 1.165) is 6.07 Å². The summed E-state index contributed by atoms with van der Waals surface area (Å²) in [5.41, 5.74) is -2.09. The monoisotopic (exact) mass is 281 g/mol. The Hall–Kier alpha value is -2.37. The standard InChI is InChI=1S/C10H4F5NO3/c11-9(12,13)6-3-5(4-16)1-2-7(6)19-10(14,15)8(17)18/h1-3H,(H,17,18). The first kappa shape index (κ1) is 14.7. The van der Waals surface area contributed by atoms with Gasteiger partial charge in [-0.3, -0.25) is 0 Å². The number of ether oxygens (including phenoxy) is 1. The summed E-state index contributed by atoms with van der Waals surface area (Å²) >= 11 is 0. The SMILES string of the molecule is N#Cc1ccc(OC(F)(F)C(=O)O)c(C(F)(F)F)c1. The van der Waals surface area contributed by atoms with Crippen molar-refractivity contribution >= 4 is 5.97 Å². The lowest BCUT2D eigenvalue weighted by Gasteiger charge is -2.17. The van der Waals surface area contributed by atoms with Gasteiger partial charge in [-0.2, -0.15) is 27.2 Å². The second-order valence-corrected chi connectivity index (χ2v) is 3.24. The highest BCUT2D eigenvalue weighted by atomic mass is 19.4. The van der Waals surface area contributed by atoms with Crippen molar-refractivity contribution < 1.29 is 36.6 Å². The quantitative estimate of drug-likeness (QED) is 0.864. The Bertz CT molecular complexity index is 547. The van der Waals surface area contributed by atoms with Crippen molar-refractivity contribution in [2.24, 2.45) is 0 Å². The molecule has 102 valence electrons. The van der Waals surface area contributed by atoms with Crippen LogP contribution < -0.4 is 4.74 Å². The largest absolute Gasteiger partial charge is 0.501 e. The first-order valence-electron chi connectivity index (χ1n) is 4.49. The maximum atomic E-state index is 12.7. The summed E-state index contributed by atoms with van der Waals surface area (Å²) in [5, 5.41) is 16.5. The molecule has 0 aliphatic rings. The van der Waals surface area contributed by atoms with Crippen LogP contribution in [0.1, 0.15) is 11.1 Å². The molecule has 0 aromatic heterocycles. The molecular formula is C10H4F5NO3. The van der Waals surface area contributed by atoms with Crippen LogP contribution in [0.2, 0.25) is 0 Å². The Balaban J connectivity index is 3.29. The van der Waals surface area contributed by atoms with Crippen molar-refractivity contribution in [1.29, 1.82) is 5.26 Å². The van der Waals surface area contributed by atoms with E-state index in [4.69, 9.17) is 10.4 Å². The Morgan fingerprint density at radius 2 is 1.84 bits per heavy atom. The third kappa shape index (κ3) is 3.31. The molecule has 0 aliphatic carbocycles. The molecule has 1 aromatic carbocycles. The minimum absolute atomic E-state index is 0.285. The molecule has 0 spiro atoms. The van der Waals surface area contributed by atoms with Gasteiger partial charge in [0.05, 0.1) is 17.2 Å². The van der Waals surface area contributed by atoms with E-state index >= 15 is 0 Å². The van der Waals surface area contributed by atoms with E-state index < -0.39 is 35.1 Å². The van der Waals surface area contributed by atoms with E-state index in [1.54, 1.807) is 0 Å². The smallest absolute Gasteiger partial charge is 0.474 e. The maximum absolute atomic E-state index is 12.7. The number of benzene rings is 1. The molecule has 4 nitrogen and oxygen atoms in total. The normalized spacial score (nSPS) is 11.8. The van der Waals surface area contributed by atoms with Gasteiger partial charge < -0.3 is 9.84 Å². The second kappa shape index (κ2) is 4.72. The van der Waals surface area contributed by atoms with Crippen LogP contribution in [0.15, 0.2) is 18.2 Å². The number of carboxylic acid groups (broad SMARTS) is 1. The fourth-order valence-corrected chi connectivity index (χ4v) is 1.09. The Morgan fingerprint density at radius 3 is 2.26 bits per heavy atom. The molecule has 9 heteroatoms. The maximum Gasteiger partial charge on any atom is 0.501 e. The lowest BCUT2D eigenvalue weighted by atomic mass is 10.1. The highest BCUT2D eigenvalue weighted by Crippen LogP contribution is 2.38. The van der Waals surface area contributed by atoms with Crippen LogP contribution in [0.5, 0.6) is 5.75 Å².